The lowest BCUT2D eigenvalue weighted by Crippen LogP contribution is -2.37. The van der Waals surface area contributed by atoms with Crippen LogP contribution in [0.2, 0.25) is 5.02 Å². The van der Waals surface area contributed by atoms with Crippen molar-refractivity contribution in [3.63, 3.8) is 0 Å². The Morgan fingerprint density at radius 2 is 1.65 bits per heavy atom. The number of aromatic hydroxyl groups is 1. The molecule has 0 atom stereocenters. The number of ether oxygens (including phenoxy) is 1. The molecule has 0 aromatic heterocycles. The summed E-state index contributed by atoms with van der Waals surface area (Å²) in [5, 5.41) is 21.1. The number of hydrogen-bond acceptors (Lipinski definition) is 5. The Labute approximate surface area is 154 Å². The van der Waals surface area contributed by atoms with Gasteiger partial charge in [-0.2, -0.15) is 0 Å². The highest BCUT2D eigenvalue weighted by atomic mass is 35.5. The molecule has 26 heavy (non-hydrogen) atoms. The van der Waals surface area contributed by atoms with Crippen LogP contribution in [0.25, 0.3) is 0 Å². The zero-order chi connectivity index (χ0) is 19.5. The SMILES string of the molecule is CC(C)(Oc1ccc(C(=O)NC(=O)c2ccc(Cl)cc2O)cc1)C(=O)O. The molecule has 0 radical (unpaired) electrons. The topological polar surface area (TPSA) is 113 Å². The van der Waals surface area contributed by atoms with Crippen molar-refractivity contribution in [3.05, 3.63) is 58.6 Å². The predicted octanol–water partition coefficient (Wildman–Crippen LogP) is 2.86. The maximum absolute atomic E-state index is 12.1. The Kier molecular flexibility index (Phi) is 5.52. The van der Waals surface area contributed by atoms with E-state index in [9.17, 15) is 19.5 Å². The fourth-order valence-electron chi connectivity index (χ4n) is 1.95. The summed E-state index contributed by atoms with van der Waals surface area (Å²) in [5.41, 5.74) is -1.36. The number of hydrogen-bond donors (Lipinski definition) is 3. The summed E-state index contributed by atoms with van der Waals surface area (Å²) >= 11 is 5.70. The number of rotatable bonds is 5. The van der Waals surface area contributed by atoms with Gasteiger partial charge in [-0.3, -0.25) is 14.9 Å². The van der Waals surface area contributed by atoms with E-state index in [1.54, 1.807) is 0 Å². The second-order valence-corrected chi connectivity index (χ2v) is 6.32. The lowest BCUT2D eigenvalue weighted by Gasteiger charge is -2.21. The molecular weight excluding hydrogens is 362 g/mol. The first-order valence-electron chi connectivity index (χ1n) is 7.47. The van der Waals surface area contributed by atoms with Gasteiger partial charge in [0.15, 0.2) is 5.60 Å². The number of halogens is 1. The number of carbonyl (C=O) groups is 3. The van der Waals surface area contributed by atoms with E-state index in [-0.39, 0.29) is 27.6 Å². The van der Waals surface area contributed by atoms with E-state index >= 15 is 0 Å². The third-order valence-electron chi connectivity index (χ3n) is 3.44. The molecule has 0 spiro atoms. The number of aliphatic carboxylic acids is 1. The monoisotopic (exact) mass is 377 g/mol. The van der Waals surface area contributed by atoms with Crippen molar-refractivity contribution in [2.24, 2.45) is 0 Å². The number of carboxylic acids is 1. The van der Waals surface area contributed by atoms with E-state index in [1.165, 1.54) is 56.3 Å². The van der Waals surface area contributed by atoms with Gasteiger partial charge < -0.3 is 14.9 Å². The molecule has 7 nitrogen and oxygen atoms in total. The quantitative estimate of drug-likeness (QED) is 0.690. The van der Waals surface area contributed by atoms with Crippen LogP contribution in [0.3, 0.4) is 0 Å². The average Bonchev–Trinajstić information content (AvgIpc) is 2.54. The summed E-state index contributed by atoms with van der Waals surface area (Å²) in [6, 6.07) is 9.52. The fraction of sp³-hybridized carbons (Fsp3) is 0.167. The van der Waals surface area contributed by atoms with Crippen LogP contribution in [0.4, 0.5) is 0 Å². The van der Waals surface area contributed by atoms with Gasteiger partial charge >= 0.3 is 5.97 Å². The Hall–Kier alpha value is -3.06. The normalized spacial score (nSPS) is 10.9. The molecule has 0 aliphatic rings. The molecule has 0 bridgehead atoms. The molecule has 0 aliphatic heterocycles. The van der Waals surface area contributed by atoms with Crippen molar-refractivity contribution in [1.29, 1.82) is 0 Å². The molecule has 2 rings (SSSR count). The first kappa shape index (κ1) is 19.3. The molecule has 0 saturated carbocycles. The number of phenolic OH excluding ortho intramolecular Hbond substituents is 1. The zero-order valence-corrected chi connectivity index (χ0v) is 14.7. The smallest absolute Gasteiger partial charge is 0.347 e. The summed E-state index contributed by atoms with van der Waals surface area (Å²) in [6.45, 7) is 2.79. The first-order valence-corrected chi connectivity index (χ1v) is 7.84. The average molecular weight is 378 g/mol. The highest BCUT2D eigenvalue weighted by molar-refractivity contribution is 6.31. The van der Waals surface area contributed by atoms with Crippen molar-refractivity contribution in [1.82, 2.24) is 5.32 Å². The number of carboxylic acid groups (broad SMARTS) is 1. The van der Waals surface area contributed by atoms with Crippen molar-refractivity contribution < 1.29 is 29.3 Å². The van der Waals surface area contributed by atoms with E-state index in [1.807, 2.05) is 0 Å². The van der Waals surface area contributed by atoms with Crippen LogP contribution in [0.15, 0.2) is 42.5 Å². The van der Waals surface area contributed by atoms with Gasteiger partial charge in [-0.15, -0.1) is 0 Å². The minimum Gasteiger partial charge on any atom is -0.507 e. The molecule has 0 fully saturated rings. The van der Waals surface area contributed by atoms with E-state index in [0.29, 0.717) is 0 Å². The third-order valence-corrected chi connectivity index (χ3v) is 3.67. The van der Waals surface area contributed by atoms with Crippen molar-refractivity contribution >= 4 is 29.4 Å². The van der Waals surface area contributed by atoms with Gasteiger partial charge in [0.25, 0.3) is 11.8 Å². The highest BCUT2D eigenvalue weighted by Crippen LogP contribution is 2.22. The molecule has 0 heterocycles. The lowest BCUT2D eigenvalue weighted by molar-refractivity contribution is -0.152. The predicted molar refractivity (Wildman–Crippen MR) is 93.7 cm³/mol. The van der Waals surface area contributed by atoms with Gasteiger partial charge in [0, 0.05) is 10.6 Å². The Balaban J connectivity index is 2.08. The zero-order valence-electron chi connectivity index (χ0n) is 13.9. The Bertz CT molecular complexity index is 860. The summed E-state index contributed by atoms with van der Waals surface area (Å²) in [4.78, 5) is 35.3. The molecule has 0 saturated heterocycles. The number of nitrogens with one attached hydrogen (secondary N) is 1. The van der Waals surface area contributed by atoms with Crippen LogP contribution in [0.1, 0.15) is 34.6 Å². The largest absolute Gasteiger partial charge is 0.507 e. The Morgan fingerprint density at radius 1 is 1.04 bits per heavy atom. The van der Waals surface area contributed by atoms with E-state index < -0.39 is 23.4 Å². The number of benzene rings is 2. The van der Waals surface area contributed by atoms with Crippen molar-refractivity contribution in [2.75, 3.05) is 0 Å². The highest BCUT2D eigenvalue weighted by Gasteiger charge is 2.29. The van der Waals surface area contributed by atoms with Gasteiger partial charge in [-0.1, -0.05) is 11.6 Å². The van der Waals surface area contributed by atoms with Gasteiger partial charge in [0.1, 0.15) is 11.5 Å². The standard InChI is InChI=1S/C18H16ClNO6/c1-18(2,17(24)25)26-12-6-3-10(4-7-12)15(22)20-16(23)13-8-5-11(19)9-14(13)21/h3-9,21H,1-2H3,(H,24,25)(H,20,22,23). The molecule has 2 amide bonds. The number of phenols is 1. The molecule has 0 unspecified atom stereocenters. The molecular formula is C18H16ClNO6. The van der Waals surface area contributed by atoms with Crippen LogP contribution in [-0.2, 0) is 4.79 Å². The number of imide groups is 1. The second-order valence-electron chi connectivity index (χ2n) is 5.89. The van der Waals surface area contributed by atoms with Gasteiger partial charge in [0.2, 0.25) is 0 Å². The number of carbonyl (C=O) groups excluding carboxylic acids is 2. The second kappa shape index (κ2) is 7.45. The molecule has 3 N–H and O–H groups in total. The summed E-state index contributed by atoms with van der Waals surface area (Å²) < 4.78 is 5.33. The number of amides is 2. The summed E-state index contributed by atoms with van der Waals surface area (Å²) in [7, 11) is 0. The molecule has 2 aromatic rings. The first-order chi connectivity index (χ1) is 12.1. The van der Waals surface area contributed by atoms with Crippen LogP contribution in [0, 0.1) is 0 Å². The maximum Gasteiger partial charge on any atom is 0.347 e. The summed E-state index contributed by atoms with van der Waals surface area (Å²) in [5.74, 6) is -2.68. The van der Waals surface area contributed by atoms with Crippen LogP contribution < -0.4 is 10.1 Å². The minimum absolute atomic E-state index is 0.0917. The summed E-state index contributed by atoms with van der Waals surface area (Å²) in [6.07, 6.45) is 0. The molecule has 136 valence electrons. The lowest BCUT2D eigenvalue weighted by atomic mass is 10.1. The molecule has 8 heteroatoms. The van der Waals surface area contributed by atoms with Gasteiger partial charge in [-0.05, 0) is 56.3 Å². The third kappa shape index (κ3) is 4.52. The van der Waals surface area contributed by atoms with Crippen molar-refractivity contribution in [2.45, 2.75) is 19.4 Å². The minimum atomic E-state index is -1.42. The fourth-order valence-corrected chi connectivity index (χ4v) is 2.12. The van der Waals surface area contributed by atoms with E-state index in [0.717, 1.165) is 0 Å². The molecule has 0 aliphatic carbocycles. The molecule has 2 aromatic carbocycles. The van der Waals surface area contributed by atoms with Gasteiger partial charge in [0.05, 0.1) is 5.56 Å². The van der Waals surface area contributed by atoms with Crippen LogP contribution in [-0.4, -0.2) is 33.6 Å². The van der Waals surface area contributed by atoms with E-state index in [2.05, 4.69) is 5.32 Å². The van der Waals surface area contributed by atoms with Crippen molar-refractivity contribution in [3.8, 4) is 11.5 Å². The van der Waals surface area contributed by atoms with Crippen LogP contribution >= 0.6 is 11.6 Å². The van der Waals surface area contributed by atoms with Crippen LogP contribution in [0.5, 0.6) is 11.5 Å². The van der Waals surface area contributed by atoms with E-state index in [4.69, 9.17) is 21.4 Å². The van der Waals surface area contributed by atoms with Gasteiger partial charge in [-0.25, -0.2) is 4.79 Å². The maximum atomic E-state index is 12.1. The Morgan fingerprint density at radius 3 is 2.19 bits per heavy atom.